The maximum absolute atomic E-state index is 12.3. The van der Waals surface area contributed by atoms with Crippen LogP contribution in [0.1, 0.15) is 28.8 Å². The van der Waals surface area contributed by atoms with E-state index in [9.17, 15) is 18.0 Å². The molecule has 2 nitrogen and oxygen atoms in total. The van der Waals surface area contributed by atoms with Gasteiger partial charge < -0.3 is 4.57 Å². The number of ketones is 1. The fourth-order valence-electron chi connectivity index (χ4n) is 2.15. The molecule has 0 amide bonds. The van der Waals surface area contributed by atoms with Crippen molar-refractivity contribution in [3.8, 4) is 0 Å². The van der Waals surface area contributed by atoms with E-state index in [1.807, 2.05) is 18.2 Å². The molecule has 5 heteroatoms. The molecule has 21 heavy (non-hydrogen) atoms. The second kappa shape index (κ2) is 6.61. The van der Waals surface area contributed by atoms with Crippen LogP contribution < -0.4 is 0 Å². The van der Waals surface area contributed by atoms with Gasteiger partial charge in [-0.2, -0.15) is 13.2 Å². The van der Waals surface area contributed by atoms with E-state index in [2.05, 4.69) is 12.1 Å². The SMILES string of the molecule is O=C(c1ccn(CCCCc2ccccc2)c1)C(F)(F)F. The Kier molecular flexibility index (Phi) is 4.83. The minimum absolute atomic E-state index is 0.300. The summed E-state index contributed by atoms with van der Waals surface area (Å²) in [5, 5.41) is 0. The van der Waals surface area contributed by atoms with Crippen LogP contribution in [0.2, 0.25) is 0 Å². The van der Waals surface area contributed by atoms with Crippen LogP contribution in [0.5, 0.6) is 0 Å². The zero-order chi connectivity index (χ0) is 15.3. The van der Waals surface area contributed by atoms with Crippen molar-refractivity contribution in [1.29, 1.82) is 0 Å². The highest BCUT2D eigenvalue weighted by molar-refractivity contribution is 6.00. The Bertz CT molecular complexity index is 587. The molecule has 0 spiro atoms. The van der Waals surface area contributed by atoms with Crippen molar-refractivity contribution >= 4 is 5.78 Å². The summed E-state index contributed by atoms with van der Waals surface area (Å²) in [6, 6.07) is 11.2. The van der Waals surface area contributed by atoms with Gasteiger partial charge in [0.05, 0.1) is 0 Å². The van der Waals surface area contributed by atoms with Gasteiger partial charge in [0.25, 0.3) is 5.78 Å². The molecule has 0 saturated carbocycles. The maximum Gasteiger partial charge on any atom is 0.454 e. The largest absolute Gasteiger partial charge is 0.454 e. The van der Waals surface area contributed by atoms with Crippen LogP contribution in [0.4, 0.5) is 13.2 Å². The molecule has 0 aliphatic rings. The molecule has 0 N–H and O–H groups in total. The average Bonchev–Trinajstić information content (AvgIpc) is 2.91. The third kappa shape index (κ3) is 4.48. The van der Waals surface area contributed by atoms with Gasteiger partial charge in [-0.25, -0.2) is 0 Å². The number of hydrogen-bond acceptors (Lipinski definition) is 1. The van der Waals surface area contributed by atoms with Crippen molar-refractivity contribution in [3.63, 3.8) is 0 Å². The number of rotatable bonds is 6. The van der Waals surface area contributed by atoms with Crippen LogP contribution in [0.3, 0.4) is 0 Å². The van der Waals surface area contributed by atoms with E-state index >= 15 is 0 Å². The van der Waals surface area contributed by atoms with E-state index in [0.29, 0.717) is 6.54 Å². The minimum Gasteiger partial charge on any atom is -0.354 e. The van der Waals surface area contributed by atoms with Crippen LogP contribution in [-0.2, 0) is 13.0 Å². The van der Waals surface area contributed by atoms with Gasteiger partial charge in [0.2, 0.25) is 0 Å². The van der Waals surface area contributed by atoms with Gasteiger partial charge in [-0.3, -0.25) is 4.79 Å². The Hall–Kier alpha value is -2.04. The number of aryl methyl sites for hydroxylation is 2. The number of carbonyl (C=O) groups excluding carboxylic acids is 1. The molecular weight excluding hydrogens is 279 g/mol. The molecule has 0 aliphatic carbocycles. The van der Waals surface area contributed by atoms with Crippen molar-refractivity contribution in [3.05, 3.63) is 59.9 Å². The third-order valence-corrected chi connectivity index (χ3v) is 3.24. The summed E-state index contributed by atoms with van der Waals surface area (Å²) in [5.74, 6) is -1.79. The van der Waals surface area contributed by atoms with Crippen molar-refractivity contribution in [1.82, 2.24) is 4.57 Å². The standard InChI is InChI=1S/C16H16F3NO/c17-16(18,19)15(21)14-9-11-20(12-14)10-5-4-8-13-6-2-1-3-7-13/h1-3,6-7,9,11-12H,4-5,8,10H2. The quantitative estimate of drug-likeness (QED) is 0.576. The first-order valence-electron chi connectivity index (χ1n) is 6.78. The predicted molar refractivity (Wildman–Crippen MR) is 74.2 cm³/mol. The lowest BCUT2D eigenvalue weighted by atomic mass is 10.1. The molecule has 1 aromatic heterocycles. The number of alkyl halides is 3. The van der Waals surface area contributed by atoms with E-state index in [-0.39, 0.29) is 5.56 Å². The average molecular weight is 295 g/mol. The number of hydrogen-bond donors (Lipinski definition) is 0. The zero-order valence-electron chi connectivity index (χ0n) is 11.4. The van der Waals surface area contributed by atoms with Crippen LogP contribution in [0.15, 0.2) is 48.8 Å². The Morgan fingerprint density at radius 2 is 1.76 bits per heavy atom. The summed E-state index contributed by atoms with van der Waals surface area (Å²) in [5.41, 5.74) is 0.948. The Labute approximate surface area is 121 Å². The van der Waals surface area contributed by atoms with Crippen LogP contribution in [-0.4, -0.2) is 16.5 Å². The molecule has 0 fully saturated rings. The van der Waals surface area contributed by atoms with E-state index in [4.69, 9.17) is 0 Å². The van der Waals surface area contributed by atoms with Crippen molar-refractivity contribution in [2.45, 2.75) is 32.0 Å². The molecule has 2 rings (SSSR count). The number of nitrogens with zero attached hydrogens (tertiary/aromatic N) is 1. The predicted octanol–water partition coefficient (Wildman–Crippen LogP) is 4.26. The van der Waals surface area contributed by atoms with Crippen LogP contribution in [0, 0.1) is 0 Å². The summed E-state index contributed by atoms with van der Waals surface area (Å²) in [6.07, 6.45) is 0.712. The molecule has 1 aromatic carbocycles. The van der Waals surface area contributed by atoms with Gasteiger partial charge in [-0.05, 0) is 30.9 Å². The van der Waals surface area contributed by atoms with Gasteiger partial charge in [0.1, 0.15) is 0 Å². The van der Waals surface area contributed by atoms with Gasteiger partial charge in [-0.15, -0.1) is 0 Å². The molecule has 112 valence electrons. The lowest BCUT2D eigenvalue weighted by Gasteiger charge is -2.04. The number of unbranched alkanes of at least 4 members (excludes halogenated alkanes) is 1. The minimum atomic E-state index is -4.81. The summed E-state index contributed by atoms with van der Waals surface area (Å²) >= 11 is 0. The molecule has 0 unspecified atom stereocenters. The van der Waals surface area contributed by atoms with Crippen LogP contribution >= 0.6 is 0 Å². The fraction of sp³-hybridized carbons (Fsp3) is 0.312. The lowest BCUT2D eigenvalue weighted by molar-refractivity contribution is -0.0885. The number of benzene rings is 1. The van der Waals surface area contributed by atoms with Crippen molar-refractivity contribution < 1.29 is 18.0 Å². The topological polar surface area (TPSA) is 22.0 Å². The van der Waals surface area contributed by atoms with Gasteiger partial charge >= 0.3 is 6.18 Å². The van der Waals surface area contributed by atoms with E-state index < -0.39 is 12.0 Å². The monoisotopic (exact) mass is 295 g/mol. The van der Waals surface area contributed by atoms with Gasteiger partial charge in [0, 0.05) is 24.5 Å². The smallest absolute Gasteiger partial charge is 0.354 e. The first-order chi connectivity index (χ1) is 9.97. The molecule has 0 bridgehead atoms. The molecule has 1 heterocycles. The highest BCUT2D eigenvalue weighted by Gasteiger charge is 2.39. The highest BCUT2D eigenvalue weighted by Crippen LogP contribution is 2.21. The summed E-state index contributed by atoms with van der Waals surface area (Å²) < 4.78 is 38.5. The van der Waals surface area contributed by atoms with Crippen LogP contribution in [0.25, 0.3) is 0 Å². The lowest BCUT2D eigenvalue weighted by Crippen LogP contribution is -2.22. The second-order valence-electron chi connectivity index (χ2n) is 4.91. The van der Waals surface area contributed by atoms with Crippen molar-refractivity contribution in [2.75, 3.05) is 0 Å². The first-order valence-corrected chi connectivity index (χ1v) is 6.78. The summed E-state index contributed by atoms with van der Waals surface area (Å²) in [4.78, 5) is 11.1. The summed E-state index contributed by atoms with van der Waals surface area (Å²) in [6.45, 7) is 0.609. The first kappa shape index (κ1) is 15.4. The van der Waals surface area contributed by atoms with Crippen molar-refractivity contribution in [2.24, 2.45) is 0 Å². The molecule has 2 aromatic rings. The normalized spacial score (nSPS) is 11.6. The highest BCUT2D eigenvalue weighted by atomic mass is 19.4. The number of aromatic nitrogens is 1. The molecule has 0 atom stereocenters. The second-order valence-corrected chi connectivity index (χ2v) is 4.91. The Morgan fingerprint density at radius 1 is 1.05 bits per heavy atom. The summed E-state index contributed by atoms with van der Waals surface area (Å²) in [7, 11) is 0. The third-order valence-electron chi connectivity index (χ3n) is 3.24. The van der Waals surface area contributed by atoms with Gasteiger partial charge in [0.15, 0.2) is 0 Å². The molecule has 0 saturated heterocycles. The number of carbonyl (C=O) groups is 1. The molecule has 0 aliphatic heterocycles. The number of Topliss-reactive ketones (excluding diaryl/α,β-unsaturated/α-hetero) is 1. The van der Waals surface area contributed by atoms with E-state index in [1.165, 1.54) is 24.0 Å². The molecule has 0 radical (unpaired) electrons. The number of halogens is 3. The fourth-order valence-corrected chi connectivity index (χ4v) is 2.15. The van der Waals surface area contributed by atoms with E-state index in [0.717, 1.165) is 19.3 Å². The Balaban J connectivity index is 1.80. The molecular formula is C16H16F3NO. The zero-order valence-corrected chi connectivity index (χ0v) is 11.4. The maximum atomic E-state index is 12.3. The van der Waals surface area contributed by atoms with E-state index in [1.54, 1.807) is 4.57 Å². The Morgan fingerprint density at radius 3 is 2.43 bits per heavy atom. The van der Waals surface area contributed by atoms with Gasteiger partial charge in [-0.1, -0.05) is 30.3 Å².